The lowest BCUT2D eigenvalue weighted by Crippen LogP contribution is -2.04. The van der Waals surface area contributed by atoms with Gasteiger partial charge in [-0.3, -0.25) is 0 Å². The van der Waals surface area contributed by atoms with Crippen molar-refractivity contribution < 1.29 is 4.42 Å². The molecule has 1 heterocycles. The van der Waals surface area contributed by atoms with E-state index in [-0.39, 0.29) is 4.83 Å². The predicted octanol–water partition coefficient (Wildman–Crippen LogP) is 5.57. The van der Waals surface area contributed by atoms with E-state index >= 15 is 0 Å². The molecule has 1 aliphatic rings. The summed E-state index contributed by atoms with van der Waals surface area (Å²) in [6, 6.07) is 6.97. The lowest BCUT2D eigenvalue weighted by Gasteiger charge is -2.19. The zero-order chi connectivity index (χ0) is 14.3. The minimum Gasteiger partial charge on any atom is -0.466 e. The standard InChI is InChI=1S/C18H21BrO/c1-11-12(2)20-13(3)17(11)18(19)16-9-8-14-6-4-5-7-15(14)10-16/h8-10,18H,4-7H2,1-3H3. The van der Waals surface area contributed by atoms with Gasteiger partial charge in [-0.2, -0.15) is 0 Å². The van der Waals surface area contributed by atoms with Gasteiger partial charge in [0.2, 0.25) is 0 Å². The van der Waals surface area contributed by atoms with Crippen molar-refractivity contribution in [2.24, 2.45) is 0 Å². The molecule has 3 rings (SSSR count). The van der Waals surface area contributed by atoms with Crippen LogP contribution in [0.1, 0.15) is 57.0 Å². The van der Waals surface area contributed by atoms with Crippen LogP contribution in [0.25, 0.3) is 0 Å². The number of alkyl halides is 1. The van der Waals surface area contributed by atoms with Crippen LogP contribution in [0, 0.1) is 20.8 Å². The highest BCUT2D eigenvalue weighted by Crippen LogP contribution is 2.38. The van der Waals surface area contributed by atoms with Crippen molar-refractivity contribution in [2.75, 3.05) is 0 Å². The van der Waals surface area contributed by atoms with E-state index in [2.05, 4.69) is 48.0 Å². The quantitative estimate of drug-likeness (QED) is 0.655. The lowest BCUT2D eigenvalue weighted by atomic mass is 9.89. The Balaban J connectivity index is 2.00. The monoisotopic (exact) mass is 332 g/mol. The van der Waals surface area contributed by atoms with Gasteiger partial charge in [0.25, 0.3) is 0 Å². The Kier molecular flexibility index (Phi) is 3.76. The van der Waals surface area contributed by atoms with Crippen LogP contribution in [0.5, 0.6) is 0 Å². The predicted molar refractivity (Wildman–Crippen MR) is 86.8 cm³/mol. The number of hydrogen-bond acceptors (Lipinski definition) is 1. The molecule has 106 valence electrons. The molecular weight excluding hydrogens is 312 g/mol. The summed E-state index contributed by atoms with van der Waals surface area (Å²) in [5.41, 5.74) is 6.98. The van der Waals surface area contributed by atoms with Gasteiger partial charge in [0, 0.05) is 5.56 Å². The third-order valence-corrected chi connectivity index (χ3v) is 5.52. The second-order valence-corrected chi connectivity index (χ2v) is 6.77. The van der Waals surface area contributed by atoms with Crippen LogP contribution < -0.4 is 0 Å². The number of fused-ring (bicyclic) bond motifs is 1. The number of benzene rings is 1. The summed E-state index contributed by atoms with van der Waals surface area (Å²) in [4.78, 5) is 0.229. The molecule has 0 amide bonds. The maximum atomic E-state index is 5.77. The van der Waals surface area contributed by atoms with E-state index in [0.29, 0.717) is 0 Å². The number of furan rings is 1. The van der Waals surface area contributed by atoms with E-state index in [4.69, 9.17) is 4.42 Å². The fourth-order valence-electron chi connectivity index (χ4n) is 3.26. The van der Waals surface area contributed by atoms with Crippen molar-refractivity contribution >= 4 is 15.9 Å². The van der Waals surface area contributed by atoms with E-state index in [1.165, 1.54) is 53.5 Å². The molecule has 0 spiro atoms. The van der Waals surface area contributed by atoms with Crippen molar-refractivity contribution in [2.45, 2.75) is 51.3 Å². The average Bonchev–Trinajstić information content (AvgIpc) is 2.71. The summed E-state index contributed by atoms with van der Waals surface area (Å²) < 4.78 is 5.77. The summed E-state index contributed by atoms with van der Waals surface area (Å²) in [5.74, 6) is 2.06. The van der Waals surface area contributed by atoms with Crippen molar-refractivity contribution in [3.63, 3.8) is 0 Å². The Morgan fingerprint density at radius 2 is 1.70 bits per heavy atom. The molecule has 0 fully saturated rings. The van der Waals surface area contributed by atoms with Crippen LogP contribution in [0.2, 0.25) is 0 Å². The maximum absolute atomic E-state index is 5.77. The van der Waals surface area contributed by atoms with E-state index in [1.54, 1.807) is 0 Å². The molecule has 0 saturated carbocycles. The summed E-state index contributed by atoms with van der Waals surface area (Å²) in [5, 5.41) is 0. The Hall–Kier alpha value is -1.02. The molecule has 0 aliphatic heterocycles. The molecule has 2 aromatic rings. The third kappa shape index (κ3) is 2.35. The summed E-state index contributed by atoms with van der Waals surface area (Å²) in [6.45, 7) is 6.24. The molecule has 1 aromatic carbocycles. The Labute approximate surface area is 129 Å². The Morgan fingerprint density at radius 3 is 2.35 bits per heavy atom. The largest absolute Gasteiger partial charge is 0.466 e. The summed E-state index contributed by atoms with van der Waals surface area (Å²) in [6.07, 6.45) is 5.13. The van der Waals surface area contributed by atoms with Crippen LogP contribution in [-0.4, -0.2) is 0 Å². The zero-order valence-electron chi connectivity index (χ0n) is 12.4. The minimum atomic E-state index is 0.229. The number of halogens is 1. The third-order valence-electron chi connectivity index (χ3n) is 4.54. The van der Waals surface area contributed by atoms with E-state index in [0.717, 1.165) is 11.5 Å². The molecule has 1 aromatic heterocycles. The van der Waals surface area contributed by atoms with Crippen LogP contribution in [0.4, 0.5) is 0 Å². The summed E-state index contributed by atoms with van der Waals surface area (Å²) >= 11 is 3.88. The van der Waals surface area contributed by atoms with Gasteiger partial charge < -0.3 is 4.42 Å². The lowest BCUT2D eigenvalue weighted by molar-refractivity contribution is 0.500. The first-order valence-corrected chi connectivity index (χ1v) is 8.31. The van der Waals surface area contributed by atoms with E-state index in [1.807, 2.05) is 6.92 Å². The minimum absolute atomic E-state index is 0.229. The summed E-state index contributed by atoms with van der Waals surface area (Å²) in [7, 11) is 0. The molecule has 1 unspecified atom stereocenters. The molecule has 20 heavy (non-hydrogen) atoms. The number of hydrogen-bond donors (Lipinski definition) is 0. The van der Waals surface area contributed by atoms with Gasteiger partial charge in [0.15, 0.2) is 0 Å². The highest BCUT2D eigenvalue weighted by molar-refractivity contribution is 9.09. The Bertz CT molecular complexity index is 639. The van der Waals surface area contributed by atoms with Gasteiger partial charge in [-0.1, -0.05) is 34.1 Å². The van der Waals surface area contributed by atoms with Gasteiger partial charge in [-0.05, 0) is 68.7 Å². The molecule has 1 nitrogen and oxygen atoms in total. The van der Waals surface area contributed by atoms with Crippen LogP contribution in [0.15, 0.2) is 22.6 Å². The fourth-order valence-corrected chi connectivity index (χ4v) is 4.21. The van der Waals surface area contributed by atoms with E-state index in [9.17, 15) is 0 Å². The number of aryl methyl sites for hydroxylation is 4. The van der Waals surface area contributed by atoms with Crippen LogP contribution in [-0.2, 0) is 12.8 Å². The molecule has 0 bridgehead atoms. The highest BCUT2D eigenvalue weighted by Gasteiger charge is 2.21. The van der Waals surface area contributed by atoms with Gasteiger partial charge in [-0.25, -0.2) is 0 Å². The van der Waals surface area contributed by atoms with Crippen LogP contribution >= 0.6 is 15.9 Å². The molecular formula is C18H21BrO. The maximum Gasteiger partial charge on any atom is 0.106 e. The Morgan fingerprint density at radius 1 is 1.00 bits per heavy atom. The first kappa shape index (κ1) is 13.9. The van der Waals surface area contributed by atoms with Gasteiger partial charge >= 0.3 is 0 Å². The van der Waals surface area contributed by atoms with Crippen molar-refractivity contribution in [3.05, 3.63) is 57.5 Å². The average molecular weight is 333 g/mol. The molecule has 0 saturated heterocycles. The van der Waals surface area contributed by atoms with Gasteiger partial charge in [-0.15, -0.1) is 0 Å². The second-order valence-electron chi connectivity index (χ2n) is 5.85. The highest BCUT2D eigenvalue weighted by atomic mass is 79.9. The molecule has 2 heteroatoms. The normalized spacial score (nSPS) is 16.0. The fraction of sp³-hybridized carbons (Fsp3) is 0.444. The topological polar surface area (TPSA) is 13.1 Å². The first-order chi connectivity index (χ1) is 9.58. The van der Waals surface area contributed by atoms with Gasteiger partial charge in [0.1, 0.15) is 11.5 Å². The van der Waals surface area contributed by atoms with Gasteiger partial charge in [0.05, 0.1) is 4.83 Å². The first-order valence-electron chi connectivity index (χ1n) is 7.40. The SMILES string of the molecule is Cc1oc(C)c(C(Br)c2ccc3c(c2)CCCC3)c1C. The molecule has 1 atom stereocenters. The molecule has 1 aliphatic carbocycles. The van der Waals surface area contributed by atoms with Crippen molar-refractivity contribution in [3.8, 4) is 0 Å². The molecule has 0 radical (unpaired) electrons. The number of rotatable bonds is 2. The molecule has 0 N–H and O–H groups in total. The van der Waals surface area contributed by atoms with Crippen molar-refractivity contribution in [1.82, 2.24) is 0 Å². The van der Waals surface area contributed by atoms with Crippen LogP contribution in [0.3, 0.4) is 0 Å². The van der Waals surface area contributed by atoms with Crippen molar-refractivity contribution in [1.29, 1.82) is 0 Å². The second kappa shape index (κ2) is 5.40. The zero-order valence-corrected chi connectivity index (χ0v) is 14.0. The van der Waals surface area contributed by atoms with E-state index < -0.39 is 0 Å². The smallest absolute Gasteiger partial charge is 0.106 e.